The van der Waals surface area contributed by atoms with E-state index in [4.69, 9.17) is 11.6 Å². The maximum absolute atomic E-state index is 13.0. The molecule has 4 rings (SSSR count). The Bertz CT molecular complexity index is 994. The molecule has 7 heteroatoms. The van der Waals surface area contributed by atoms with E-state index in [0.717, 1.165) is 35.3 Å². The van der Waals surface area contributed by atoms with Crippen molar-refractivity contribution in [3.63, 3.8) is 0 Å². The number of hydrogen-bond donors (Lipinski definition) is 3. The molecular formula is C22H19ClF3N3. The molecule has 150 valence electrons. The van der Waals surface area contributed by atoms with Crippen LogP contribution in [0.2, 0.25) is 5.02 Å². The zero-order valence-electron chi connectivity index (χ0n) is 15.4. The standard InChI is InChI=1S/C22H19ClF3N3/c23-18-11-17(22(24,25)26)12-19-20(18)29-21(28-19)27-13-14-5-4-8-16(10-9-14)15-6-2-1-3-7-15/h1-3,5-12,21,27-29H,4,13H2. The topological polar surface area (TPSA) is 36.1 Å². The van der Waals surface area contributed by atoms with Gasteiger partial charge in [0.15, 0.2) is 6.29 Å². The SMILES string of the molecule is FC(F)(F)c1cc(Cl)c2c(c1)NC(NCC1=CCC=C(c3ccccc3)C=C1)N2. The van der Waals surface area contributed by atoms with E-state index < -0.39 is 18.0 Å². The van der Waals surface area contributed by atoms with Gasteiger partial charge in [-0.1, -0.05) is 66.2 Å². The normalized spacial score (nSPS) is 18.3. The van der Waals surface area contributed by atoms with E-state index in [2.05, 4.69) is 52.4 Å². The van der Waals surface area contributed by atoms with Gasteiger partial charge in [0.1, 0.15) is 0 Å². The Morgan fingerprint density at radius 1 is 1.03 bits per heavy atom. The summed E-state index contributed by atoms with van der Waals surface area (Å²) in [7, 11) is 0. The Labute approximate surface area is 172 Å². The van der Waals surface area contributed by atoms with Crippen molar-refractivity contribution in [1.82, 2.24) is 5.32 Å². The molecule has 3 N–H and O–H groups in total. The predicted molar refractivity (Wildman–Crippen MR) is 112 cm³/mol. The van der Waals surface area contributed by atoms with Crippen LogP contribution in [0, 0.1) is 0 Å². The number of halogens is 4. The molecule has 2 aromatic carbocycles. The van der Waals surface area contributed by atoms with Crippen LogP contribution in [0.25, 0.3) is 5.57 Å². The summed E-state index contributed by atoms with van der Waals surface area (Å²) in [4.78, 5) is 0. The molecule has 2 aromatic rings. The number of rotatable bonds is 4. The molecule has 0 radical (unpaired) electrons. The Morgan fingerprint density at radius 3 is 2.59 bits per heavy atom. The summed E-state index contributed by atoms with van der Waals surface area (Å²) in [5.41, 5.74) is 3.44. The van der Waals surface area contributed by atoms with Crippen LogP contribution in [-0.4, -0.2) is 12.8 Å². The molecule has 0 fully saturated rings. The van der Waals surface area contributed by atoms with Gasteiger partial charge >= 0.3 is 6.18 Å². The molecule has 0 bridgehead atoms. The highest BCUT2D eigenvalue weighted by Gasteiger charge is 2.34. The van der Waals surface area contributed by atoms with Crippen molar-refractivity contribution in [2.75, 3.05) is 17.2 Å². The Hall–Kier alpha value is -2.70. The molecular weight excluding hydrogens is 399 g/mol. The van der Waals surface area contributed by atoms with E-state index in [0.29, 0.717) is 17.9 Å². The van der Waals surface area contributed by atoms with Crippen LogP contribution in [-0.2, 0) is 6.18 Å². The van der Waals surface area contributed by atoms with Crippen LogP contribution >= 0.6 is 11.6 Å². The van der Waals surface area contributed by atoms with E-state index >= 15 is 0 Å². The van der Waals surface area contributed by atoms with Gasteiger partial charge in [0.2, 0.25) is 0 Å². The first-order valence-electron chi connectivity index (χ1n) is 9.20. The molecule has 1 aliphatic heterocycles. The number of hydrogen-bond acceptors (Lipinski definition) is 3. The summed E-state index contributed by atoms with van der Waals surface area (Å²) >= 11 is 6.03. The minimum absolute atomic E-state index is 0.0388. The number of nitrogens with one attached hydrogen (secondary N) is 3. The lowest BCUT2D eigenvalue weighted by Crippen LogP contribution is -2.39. The maximum Gasteiger partial charge on any atom is 0.416 e. The van der Waals surface area contributed by atoms with Gasteiger partial charge in [-0.15, -0.1) is 0 Å². The monoisotopic (exact) mass is 417 g/mol. The van der Waals surface area contributed by atoms with E-state index in [1.165, 1.54) is 0 Å². The highest BCUT2D eigenvalue weighted by atomic mass is 35.5. The third kappa shape index (κ3) is 4.49. The van der Waals surface area contributed by atoms with Crippen molar-refractivity contribution in [2.45, 2.75) is 18.9 Å². The quantitative estimate of drug-likeness (QED) is 0.567. The number of allylic oxidation sites excluding steroid dienone is 4. The Balaban J connectivity index is 1.38. The van der Waals surface area contributed by atoms with Crippen LogP contribution in [0.3, 0.4) is 0 Å². The lowest BCUT2D eigenvalue weighted by molar-refractivity contribution is -0.137. The van der Waals surface area contributed by atoms with Crippen molar-refractivity contribution in [3.05, 3.63) is 88.5 Å². The number of fused-ring (bicyclic) bond motifs is 1. The molecule has 0 amide bonds. The molecule has 3 nitrogen and oxygen atoms in total. The van der Waals surface area contributed by atoms with Gasteiger partial charge < -0.3 is 10.6 Å². The molecule has 0 aromatic heterocycles. The van der Waals surface area contributed by atoms with Crippen LogP contribution < -0.4 is 16.0 Å². The lowest BCUT2D eigenvalue weighted by Gasteiger charge is -2.15. The van der Waals surface area contributed by atoms with Gasteiger partial charge in [0, 0.05) is 6.54 Å². The summed E-state index contributed by atoms with van der Waals surface area (Å²) < 4.78 is 38.9. The van der Waals surface area contributed by atoms with Crippen molar-refractivity contribution in [3.8, 4) is 0 Å². The molecule has 1 heterocycles. The van der Waals surface area contributed by atoms with Gasteiger partial charge in [0.25, 0.3) is 0 Å². The van der Waals surface area contributed by atoms with Crippen molar-refractivity contribution in [2.24, 2.45) is 0 Å². The second kappa shape index (κ2) is 7.97. The molecule has 0 spiro atoms. The average molecular weight is 418 g/mol. The second-order valence-electron chi connectivity index (χ2n) is 6.85. The molecule has 0 saturated heterocycles. The molecule has 0 saturated carbocycles. The summed E-state index contributed by atoms with van der Waals surface area (Å²) in [6.45, 7) is 0.550. The van der Waals surface area contributed by atoms with Crippen molar-refractivity contribution >= 4 is 28.5 Å². The zero-order valence-corrected chi connectivity index (χ0v) is 16.1. The third-order valence-electron chi connectivity index (χ3n) is 4.82. The predicted octanol–water partition coefficient (Wildman–Crippen LogP) is 6.04. The smallest absolute Gasteiger partial charge is 0.351 e. The van der Waals surface area contributed by atoms with Gasteiger partial charge in [-0.05, 0) is 35.3 Å². The van der Waals surface area contributed by atoms with Gasteiger partial charge in [-0.3, -0.25) is 5.32 Å². The lowest BCUT2D eigenvalue weighted by atomic mass is 10.1. The fourth-order valence-corrected chi connectivity index (χ4v) is 3.61. The number of benzene rings is 2. The zero-order chi connectivity index (χ0) is 20.4. The summed E-state index contributed by atoms with van der Waals surface area (Å²) in [6.07, 6.45) is 4.37. The van der Waals surface area contributed by atoms with E-state index in [9.17, 15) is 13.2 Å². The van der Waals surface area contributed by atoms with Gasteiger partial charge in [-0.25, -0.2) is 0 Å². The molecule has 1 aliphatic carbocycles. The first-order chi connectivity index (χ1) is 13.9. The maximum atomic E-state index is 13.0. The highest BCUT2D eigenvalue weighted by Crippen LogP contribution is 2.41. The molecule has 29 heavy (non-hydrogen) atoms. The van der Waals surface area contributed by atoms with Gasteiger partial charge in [-0.2, -0.15) is 13.2 Å². The largest absolute Gasteiger partial charge is 0.416 e. The molecule has 1 atom stereocenters. The van der Waals surface area contributed by atoms with Crippen molar-refractivity contribution in [1.29, 1.82) is 0 Å². The first kappa shape index (κ1) is 19.6. The summed E-state index contributed by atoms with van der Waals surface area (Å²) in [6, 6.07) is 12.2. The summed E-state index contributed by atoms with van der Waals surface area (Å²) in [5, 5.41) is 9.39. The first-order valence-corrected chi connectivity index (χ1v) is 9.58. The van der Waals surface area contributed by atoms with Crippen LogP contribution in [0.1, 0.15) is 17.5 Å². The summed E-state index contributed by atoms with van der Waals surface area (Å²) in [5.74, 6) is 0. The van der Waals surface area contributed by atoms with Crippen LogP contribution in [0.15, 0.2) is 72.3 Å². The number of anilines is 2. The average Bonchev–Trinajstić information content (AvgIpc) is 2.97. The number of alkyl halides is 3. The minimum Gasteiger partial charge on any atom is -0.351 e. The van der Waals surface area contributed by atoms with E-state index in [1.54, 1.807) is 0 Å². The fraction of sp³-hybridized carbons (Fsp3) is 0.182. The molecule has 1 unspecified atom stereocenters. The van der Waals surface area contributed by atoms with E-state index in [-0.39, 0.29) is 5.02 Å². The highest BCUT2D eigenvalue weighted by molar-refractivity contribution is 6.34. The van der Waals surface area contributed by atoms with E-state index in [1.807, 2.05) is 18.2 Å². The Kier molecular flexibility index (Phi) is 5.39. The van der Waals surface area contributed by atoms with Crippen LogP contribution in [0.5, 0.6) is 0 Å². The minimum atomic E-state index is -4.44. The fourth-order valence-electron chi connectivity index (χ4n) is 3.33. The second-order valence-corrected chi connectivity index (χ2v) is 7.26. The van der Waals surface area contributed by atoms with Crippen molar-refractivity contribution < 1.29 is 13.2 Å². The third-order valence-corrected chi connectivity index (χ3v) is 5.12. The van der Waals surface area contributed by atoms with Crippen LogP contribution in [0.4, 0.5) is 24.5 Å². The molecule has 2 aliphatic rings. The van der Waals surface area contributed by atoms with Gasteiger partial charge in [0.05, 0.1) is 22.0 Å². The Morgan fingerprint density at radius 2 is 1.83 bits per heavy atom.